The van der Waals surface area contributed by atoms with Crippen molar-refractivity contribution in [2.24, 2.45) is 17.8 Å². The average molecular weight is 533 g/mol. The number of fused-ring (bicyclic) bond motifs is 4. The molecule has 3 aliphatic rings. The predicted molar refractivity (Wildman–Crippen MR) is 141 cm³/mol. The molecule has 3 aliphatic carbocycles. The molecule has 2 unspecified atom stereocenters. The number of nitrogens with one attached hydrogen (secondary N) is 2. The Morgan fingerprint density at radius 1 is 1.13 bits per heavy atom. The summed E-state index contributed by atoms with van der Waals surface area (Å²) in [4.78, 5) is 19.8. The number of carbonyl (C=O) groups is 1. The number of nitriles is 1. The maximum Gasteiger partial charge on any atom is 0.308 e. The molecule has 7 rings (SSSR count). The molecule has 192 valence electrons. The number of carboxylic acid groups (broad SMARTS) is 1. The first-order chi connectivity index (χ1) is 18.4. The summed E-state index contributed by atoms with van der Waals surface area (Å²) in [5, 5.41) is 24.0. The Bertz CT molecular complexity index is 1610. The van der Waals surface area contributed by atoms with E-state index in [9.17, 15) is 19.6 Å². The van der Waals surface area contributed by atoms with Crippen molar-refractivity contribution >= 4 is 34.3 Å². The zero-order valence-corrected chi connectivity index (χ0v) is 20.9. The monoisotopic (exact) mass is 532 g/mol. The fraction of sp³-hybridized carbons (Fsp3) is 0.276. The van der Waals surface area contributed by atoms with Crippen LogP contribution in [0.1, 0.15) is 31.2 Å². The van der Waals surface area contributed by atoms with E-state index in [1.54, 1.807) is 36.5 Å². The number of aromatic amines is 1. The standard InChI is InChI=1S/C29H23ClF2N4O2/c30-21-11-17(31)10-18-20(13-34-27(18)21)26-19(12-33)22(14-4-2-1-3-5-14)24(32)28(36-26)35-25-16-8-6-15(7-9-16)23(25)29(37)38/h1-5,10-11,13,15-16,23,25,34H,6-9H2,(H,35,36)(H,37,38). The van der Waals surface area contributed by atoms with Crippen molar-refractivity contribution in [1.82, 2.24) is 9.97 Å². The molecule has 2 bridgehead atoms. The normalized spacial score (nSPS) is 22.4. The van der Waals surface area contributed by atoms with Crippen molar-refractivity contribution in [3.05, 3.63) is 70.9 Å². The van der Waals surface area contributed by atoms with Crippen LogP contribution in [0.3, 0.4) is 0 Å². The van der Waals surface area contributed by atoms with E-state index in [-0.39, 0.29) is 39.5 Å². The van der Waals surface area contributed by atoms with Crippen LogP contribution in [-0.2, 0) is 4.79 Å². The molecule has 0 radical (unpaired) electrons. The minimum Gasteiger partial charge on any atom is -0.481 e. The van der Waals surface area contributed by atoms with Crippen LogP contribution in [0.4, 0.5) is 14.6 Å². The molecule has 38 heavy (non-hydrogen) atoms. The van der Waals surface area contributed by atoms with E-state index >= 15 is 4.39 Å². The molecule has 0 amide bonds. The van der Waals surface area contributed by atoms with Gasteiger partial charge in [-0.1, -0.05) is 41.9 Å². The largest absolute Gasteiger partial charge is 0.481 e. The molecular formula is C29H23ClF2N4O2. The Morgan fingerprint density at radius 3 is 2.53 bits per heavy atom. The van der Waals surface area contributed by atoms with Gasteiger partial charge in [-0.15, -0.1) is 0 Å². The van der Waals surface area contributed by atoms with Gasteiger partial charge in [0, 0.05) is 28.8 Å². The zero-order chi connectivity index (χ0) is 26.6. The number of pyridine rings is 1. The van der Waals surface area contributed by atoms with Crippen molar-refractivity contribution in [3.63, 3.8) is 0 Å². The topological polar surface area (TPSA) is 102 Å². The number of anilines is 1. The van der Waals surface area contributed by atoms with Gasteiger partial charge in [-0.3, -0.25) is 4.79 Å². The second kappa shape index (κ2) is 9.41. The lowest BCUT2D eigenvalue weighted by atomic mass is 9.61. The molecule has 6 nitrogen and oxygen atoms in total. The van der Waals surface area contributed by atoms with Gasteiger partial charge in [-0.05, 0) is 55.2 Å². The second-order valence-corrected chi connectivity index (χ2v) is 10.5. The Kier molecular flexibility index (Phi) is 6.04. The SMILES string of the molecule is N#Cc1c(-c2c[nH]c3c(Cl)cc(F)cc23)nc(NC2C3CCC(CC3)C2C(=O)O)c(F)c1-c1ccccc1. The number of aliphatic carboxylic acids is 1. The highest BCUT2D eigenvalue weighted by Gasteiger charge is 2.47. The van der Waals surface area contributed by atoms with E-state index < -0.39 is 29.6 Å². The number of nitrogens with zero attached hydrogens (tertiary/aromatic N) is 2. The van der Waals surface area contributed by atoms with Gasteiger partial charge in [0.1, 0.15) is 11.9 Å². The summed E-state index contributed by atoms with van der Waals surface area (Å²) in [6.45, 7) is 0. The van der Waals surface area contributed by atoms with Crippen LogP contribution in [0.25, 0.3) is 33.3 Å². The average Bonchev–Trinajstić information content (AvgIpc) is 3.34. The third kappa shape index (κ3) is 3.89. The molecule has 0 spiro atoms. The van der Waals surface area contributed by atoms with Crippen LogP contribution in [0, 0.1) is 40.7 Å². The lowest BCUT2D eigenvalue weighted by Gasteiger charge is -2.47. The quantitative estimate of drug-likeness (QED) is 0.257. The first-order valence-electron chi connectivity index (χ1n) is 12.5. The highest BCUT2D eigenvalue weighted by Crippen LogP contribution is 2.47. The van der Waals surface area contributed by atoms with Crippen molar-refractivity contribution in [1.29, 1.82) is 5.26 Å². The van der Waals surface area contributed by atoms with E-state index in [4.69, 9.17) is 11.6 Å². The predicted octanol–water partition coefficient (Wildman–Crippen LogP) is 7.00. The first-order valence-corrected chi connectivity index (χ1v) is 12.9. The number of hydrogen-bond acceptors (Lipinski definition) is 4. The van der Waals surface area contributed by atoms with Crippen LogP contribution >= 0.6 is 11.6 Å². The summed E-state index contributed by atoms with van der Waals surface area (Å²) in [5.41, 5.74) is 1.50. The van der Waals surface area contributed by atoms with Crippen LogP contribution < -0.4 is 5.32 Å². The lowest BCUT2D eigenvalue weighted by molar-refractivity contribution is -0.148. The van der Waals surface area contributed by atoms with Gasteiger partial charge < -0.3 is 15.4 Å². The molecule has 2 atom stereocenters. The van der Waals surface area contributed by atoms with E-state index in [0.29, 0.717) is 22.0 Å². The van der Waals surface area contributed by atoms with Crippen molar-refractivity contribution in [2.45, 2.75) is 31.7 Å². The maximum atomic E-state index is 16.3. The molecule has 3 saturated carbocycles. The minimum absolute atomic E-state index is 0.0134. The van der Waals surface area contributed by atoms with Crippen LogP contribution in [-0.4, -0.2) is 27.1 Å². The molecule has 3 N–H and O–H groups in total. The molecule has 9 heteroatoms. The number of H-pyrrole nitrogens is 1. The van der Waals surface area contributed by atoms with Gasteiger partial charge in [-0.2, -0.15) is 5.26 Å². The third-order valence-electron chi connectivity index (χ3n) is 8.08. The van der Waals surface area contributed by atoms with Gasteiger partial charge in [0.15, 0.2) is 11.6 Å². The first kappa shape index (κ1) is 24.4. The smallest absolute Gasteiger partial charge is 0.308 e. The Morgan fingerprint density at radius 2 is 1.84 bits per heavy atom. The Labute approximate surface area is 222 Å². The number of hydrogen-bond donors (Lipinski definition) is 3. The number of halogens is 3. The number of rotatable bonds is 5. The number of aromatic nitrogens is 2. The van der Waals surface area contributed by atoms with Crippen molar-refractivity contribution < 1.29 is 18.7 Å². The molecular weight excluding hydrogens is 510 g/mol. The van der Waals surface area contributed by atoms with Gasteiger partial charge in [-0.25, -0.2) is 13.8 Å². The highest BCUT2D eigenvalue weighted by atomic mass is 35.5. The van der Waals surface area contributed by atoms with E-state index in [1.165, 1.54) is 12.1 Å². The fourth-order valence-electron chi connectivity index (χ4n) is 6.36. The summed E-state index contributed by atoms with van der Waals surface area (Å²) in [6, 6.07) is 12.7. The third-order valence-corrected chi connectivity index (χ3v) is 8.38. The Balaban J connectivity index is 1.58. The minimum atomic E-state index is -0.906. The number of carboxylic acids is 1. The fourth-order valence-corrected chi connectivity index (χ4v) is 6.62. The summed E-state index contributed by atoms with van der Waals surface area (Å²) in [5.74, 6) is -2.90. The molecule has 2 aromatic carbocycles. The molecule has 2 heterocycles. The molecule has 0 saturated heterocycles. The maximum absolute atomic E-state index is 16.3. The van der Waals surface area contributed by atoms with Gasteiger partial charge in [0.05, 0.1) is 27.7 Å². The summed E-state index contributed by atoms with van der Waals surface area (Å²) in [6.07, 6.45) is 4.97. The lowest BCUT2D eigenvalue weighted by Crippen LogP contribution is -2.51. The molecule has 4 aromatic rings. The highest BCUT2D eigenvalue weighted by molar-refractivity contribution is 6.35. The van der Waals surface area contributed by atoms with Crippen molar-refractivity contribution in [2.75, 3.05) is 5.32 Å². The molecule has 0 aliphatic heterocycles. The summed E-state index contributed by atoms with van der Waals surface area (Å²) < 4.78 is 30.6. The summed E-state index contributed by atoms with van der Waals surface area (Å²) >= 11 is 6.25. The van der Waals surface area contributed by atoms with Gasteiger partial charge in [0.25, 0.3) is 0 Å². The second-order valence-electron chi connectivity index (χ2n) is 10.1. The number of benzene rings is 2. The van der Waals surface area contributed by atoms with Crippen LogP contribution in [0.15, 0.2) is 48.7 Å². The van der Waals surface area contributed by atoms with E-state index in [2.05, 4.69) is 21.4 Å². The van der Waals surface area contributed by atoms with Gasteiger partial charge in [0.2, 0.25) is 0 Å². The summed E-state index contributed by atoms with van der Waals surface area (Å²) in [7, 11) is 0. The van der Waals surface area contributed by atoms with E-state index in [1.807, 2.05) is 0 Å². The van der Waals surface area contributed by atoms with Crippen LogP contribution in [0.2, 0.25) is 5.02 Å². The van der Waals surface area contributed by atoms with Crippen LogP contribution in [0.5, 0.6) is 0 Å². The Hall–Kier alpha value is -3.96. The van der Waals surface area contributed by atoms with E-state index in [0.717, 1.165) is 25.7 Å². The van der Waals surface area contributed by atoms with Gasteiger partial charge >= 0.3 is 5.97 Å². The van der Waals surface area contributed by atoms with Crippen molar-refractivity contribution in [3.8, 4) is 28.5 Å². The molecule has 3 fully saturated rings. The molecule has 2 aromatic heterocycles. The zero-order valence-electron chi connectivity index (χ0n) is 20.1.